The molecule has 0 spiro atoms. The third kappa shape index (κ3) is 3.52. The molecule has 0 saturated heterocycles. The minimum atomic E-state index is -0.111. The highest BCUT2D eigenvalue weighted by atomic mass is 16.1. The Hall–Kier alpha value is -3.46. The van der Waals surface area contributed by atoms with Crippen LogP contribution in [0.5, 0.6) is 0 Å². The number of benzene rings is 3. The van der Waals surface area contributed by atoms with Crippen LogP contribution in [-0.4, -0.2) is 10.9 Å². The van der Waals surface area contributed by atoms with Gasteiger partial charge in [0.25, 0.3) is 5.91 Å². The van der Waals surface area contributed by atoms with E-state index in [-0.39, 0.29) is 11.8 Å². The molecule has 1 N–H and O–H groups in total. The number of aryl methyl sites for hydroxylation is 1. The maximum atomic E-state index is 13.2. The summed E-state index contributed by atoms with van der Waals surface area (Å²) >= 11 is 0. The topological polar surface area (TPSA) is 42.0 Å². The van der Waals surface area contributed by atoms with Gasteiger partial charge >= 0.3 is 0 Å². The summed E-state index contributed by atoms with van der Waals surface area (Å²) in [6.45, 7) is 4.14. The van der Waals surface area contributed by atoms with Gasteiger partial charge in [0.05, 0.1) is 11.2 Å². The number of pyridine rings is 1. The molecule has 3 heteroatoms. The van der Waals surface area contributed by atoms with Crippen LogP contribution in [0.1, 0.15) is 39.9 Å². The fraction of sp³-hybridized carbons (Fsp3) is 0.120. The highest BCUT2D eigenvalue weighted by Crippen LogP contribution is 2.29. The molecule has 0 aliphatic carbocycles. The van der Waals surface area contributed by atoms with Crippen molar-refractivity contribution in [3.8, 4) is 0 Å². The van der Waals surface area contributed by atoms with Gasteiger partial charge in [0, 0.05) is 23.1 Å². The Morgan fingerprint density at radius 3 is 2.54 bits per heavy atom. The molecule has 0 saturated carbocycles. The molecule has 0 fully saturated rings. The van der Waals surface area contributed by atoms with Crippen molar-refractivity contribution in [2.75, 3.05) is 5.32 Å². The molecule has 3 nitrogen and oxygen atoms in total. The summed E-state index contributed by atoms with van der Waals surface area (Å²) in [5, 5.41) is 4.08. The van der Waals surface area contributed by atoms with Crippen LogP contribution >= 0.6 is 0 Å². The second-order valence-corrected chi connectivity index (χ2v) is 7.06. The van der Waals surface area contributed by atoms with Crippen LogP contribution in [0.25, 0.3) is 10.9 Å². The first-order valence-corrected chi connectivity index (χ1v) is 9.44. The van der Waals surface area contributed by atoms with E-state index in [2.05, 4.69) is 41.5 Å². The molecule has 1 amide bonds. The first-order valence-electron chi connectivity index (χ1n) is 9.44. The average molecular weight is 366 g/mol. The molecule has 0 radical (unpaired) electrons. The number of nitrogens with zero attached hydrogens (tertiary/aromatic N) is 1. The minimum Gasteiger partial charge on any atom is -0.320 e. The van der Waals surface area contributed by atoms with Crippen LogP contribution in [0.3, 0.4) is 0 Å². The molecule has 0 bridgehead atoms. The number of aromatic nitrogens is 1. The third-order valence-corrected chi connectivity index (χ3v) is 5.10. The van der Waals surface area contributed by atoms with Crippen LogP contribution in [0.15, 0.2) is 85.1 Å². The van der Waals surface area contributed by atoms with Crippen LogP contribution in [-0.2, 0) is 0 Å². The SMILES string of the molecule is Cc1ccc(C(C)c2ccccc2)c(C(=O)Nc2cccc3cccnc23)c1. The van der Waals surface area contributed by atoms with E-state index in [1.165, 1.54) is 5.56 Å². The van der Waals surface area contributed by atoms with E-state index in [9.17, 15) is 4.79 Å². The summed E-state index contributed by atoms with van der Waals surface area (Å²) in [6.07, 6.45) is 1.74. The van der Waals surface area contributed by atoms with Crippen molar-refractivity contribution in [2.24, 2.45) is 0 Å². The molecule has 3 aromatic carbocycles. The summed E-state index contributed by atoms with van der Waals surface area (Å²) in [4.78, 5) is 17.7. The van der Waals surface area contributed by atoms with Crippen LogP contribution in [0.4, 0.5) is 5.69 Å². The van der Waals surface area contributed by atoms with Gasteiger partial charge in [0.15, 0.2) is 0 Å². The second-order valence-electron chi connectivity index (χ2n) is 7.06. The number of carbonyl (C=O) groups is 1. The highest BCUT2D eigenvalue weighted by Gasteiger charge is 2.18. The average Bonchev–Trinajstić information content (AvgIpc) is 2.74. The molecule has 1 unspecified atom stereocenters. The monoisotopic (exact) mass is 366 g/mol. The Morgan fingerprint density at radius 2 is 1.71 bits per heavy atom. The maximum absolute atomic E-state index is 13.2. The highest BCUT2D eigenvalue weighted by molar-refractivity contribution is 6.09. The standard InChI is InChI=1S/C25H22N2O/c1-17-13-14-21(18(2)19-8-4-3-5-9-19)22(16-17)25(28)27-23-12-6-10-20-11-7-15-26-24(20)23/h3-16,18H,1-2H3,(H,27,28). The zero-order valence-electron chi connectivity index (χ0n) is 16.0. The number of fused-ring (bicyclic) bond motifs is 1. The lowest BCUT2D eigenvalue weighted by atomic mass is 9.88. The smallest absolute Gasteiger partial charge is 0.256 e. The number of rotatable bonds is 4. The van der Waals surface area contributed by atoms with Crippen LogP contribution in [0, 0.1) is 6.92 Å². The Labute approximate surface area is 165 Å². The number of carbonyl (C=O) groups excluding carboxylic acids is 1. The van der Waals surface area contributed by atoms with Gasteiger partial charge in [-0.1, -0.05) is 73.2 Å². The number of anilines is 1. The van der Waals surface area contributed by atoms with Crippen LogP contribution < -0.4 is 5.32 Å². The Bertz CT molecular complexity index is 1130. The Morgan fingerprint density at radius 1 is 0.929 bits per heavy atom. The maximum Gasteiger partial charge on any atom is 0.256 e. The largest absolute Gasteiger partial charge is 0.320 e. The van der Waals surface area contributed by atoms with E-state index in [0.29, 0.717) is 5.56 Å². The van der Waals surface area contributed by atoms with E-state index in [1.54, 1.807) is 6.20 Å². The zero-order chi connectivity index (χ0) is 19.5. The molecule has 28 heavy (non-hydrogen) atoms. The van der Waals surface area contributed by atoms with E-state index in [1.807, 2.05) is 61.5 Å². The Kier molecular flexibility index (Phi) is 4.90. The lowest BCUT2D eigenvalue weighted by molar-refractivity contribution is 0.102. The first kappa shape index (κ1) is 17.9. The lowest BCUT2D eigenvalue weighted by Gasteiger charge is -2.18. The lowest BCUT2D eigenvalue weighted by Crippen LogP contribution is -2.16. The van der Waals surface area contributed by atoms with Gasteiger partial charge < -0.3 is 5.32 Å². The quantitative estimate of drug-likeness (QED) is 0.485. The molecule has 1 atom stereocenters. The van der Waals surface area contributed by atoms with E-state index >= 15 is 0 Å². The zero-order valence-corrected chi connectivity index (χ0v) is 16.0. The summed E-state index contributed by atoms with van der Waals surface area (Å²) in [5.41, 5.74) is 5.48. The Balaban J connectivity index is 1.72. The molecule has 4 aromatic rings. The van der Waals surface area contributed by atoms with Crippen molar-refractivity contribution in [1.29, 1.82) is 0 Å². The molecule has 0 aliphatic rings. The summed E-state index contributed by atoms with van der Waals surface area (Å²) in [7, 11) is 0. The summed E-state index contributed by atoms with van der Waals surface area (Å²) in [6, 6.07) is 26.1. The van der Waals surface area contributed by atoms with Gasteiger partial charge in [0.2, 0.25) is 0 Å². The molecule has 4 rings (SSSR count). The van der Waals surface area contributed by atoms with E-state index < -0.39 is 0 Å². The van der Waals surface area contributed by atoms with Crippen molar-refractivity contribution in [3.63, 3.8) is 0 Å². The third-order valence-electron chi connectivity index (χ3n) is 5.10. The van der Waals surface area contributed by atoms with Gasteiger partial charge in [-0.05, 0) is 36.2 Å². The summed E-state index contributed by atoms with van der Waals surface area (Å²) in [5.74, 6) is 0.00725. The van der Waals surface area contributed by atoms with Crippen LogP contribution in [0.2, 0.25) is 0 Å². The van der Waals surface area contributed by atoms with Gasteiger partial charge in [-0.2, -0.15) is 0 Å². The second kappa shape index (κ2) is 7.65. The number of nitrogens with one attached hydrogen (secondary N) is 1. The van der Waals surface area contributed by atoms with Crippen molar-refractivity contribution in [1.82, 2.24) is 4.98 Å². The van der Waals surface area contributed by atoms with E-state index in [4.69, 9.17) is 0 Å². The molecule has 1 heterocycles. The molecular weight excluding hydrogens is 344 g/mol. The molecular formula is C25H22N2O. The van der Waals surface area contributed by atoms with E-state index in [0.717, 1.165) is 27.7 Å². The number of hydrogen-bond donors (Lipinski definition) is 1. The van der Waals surface area contributed by atoms with Gasteiger partial charge in [-0.3, -0.25) is 9.78 Å². The van der Waals surface area contributed by atoms with Gasteiger partial charge in [-0.15, -0.1) is 0 Å². The number of amides is 1. The molecule has 138 valence electrons. The van der Waals surface area contributed by atoms with Gasteiger partial charge in [-0.25, -0.2) is 0 Å². The fourth-order valence-corrected chi connectivity index (χ4v) is 3.56. The normalized spacial score (nSPS) is 11.9. The molecule has 1 aromatic heterocycles. The number of para-hydroxylation sites is 1. The number of hydrogen-bond acceptors (Lipinski definition) is 2. The van der Waals surface area contributed by atoms with Crippen molar-refractivity contribution in [2.45, 2.75) is 19.8 Å². The summed E-state index contributed by atoms with van der Waals surface area (Å²) < 4.78 is 0. The minimum absolute atomic E-state index is 0.111. The van der Waals surface area contributed by atoms with Crippen molar-refractivity contribution in [3.05, 3.63) is 107 Å². The molecule has 0 aliphatic heterocycles. The fourth-order valence-electron chi connectivity index (χ4n) is 3.56. The van der Waals surface area contributed by atoms with Gasteiger partial charge in [0.1, 0.15) is 0 Å². The predicted molar refractivity (Wildman–Crippen MR) is 115 cm³/mol. The first-order chi connectivity index (χ1) is 13.6. The van der Waals surface area contributed by atoms with Crippen molar-refractivity contribution >= 4 is 22.5 Å². The predicted octanol–water partition coefficient (Wildman–Crippen LogP) is 5.95. The van der Waals surface area contributed by atoms with Crippen molar-refractivity contribution < 1.29 is 4.79 Å².